The minimum Gasteiger partial charge on any atom is -0.361 e. The maximum absolute atomic E-state index is 12.8. The highest BCUT2D eigenvalue weighted by Gasteiger charge is 2.20. The van der Waals surface area contributed by atoms with E-state index in [0.717, 1.165) is 34.9 Å². The Morgan fingerprint density at radius 3 is 2.59 bits per heavy atom. The van der Waals surface area contributed by atoms with Gasteiger partial charge >= 0.3 is 0 Å². The van der Waals surface area contributed by atoms with Gasteiger partial charge in [0.2, 0.25) is 10.0 Å². The molecule has 4 nitrogen and oxygen atoms in total. The van der Waals surface area contributed by atoms with Gasteiger partial charge in [0, 0.05) is 23.1 Å². The van der Waals surface area contributed by atoms with Crippen molar-refractivity contribution in [1.82, 2.24) is 9.71 Å². The second-order valence-corrected chi connectivity index (χ2v) is 8.51. The number of hydrogen-bond acceptors (Lipinski definition) is 2. The fourth-order valence-corrected chi connectivity index (χ4v) is 4.60. The van der Waals surface area contributed by atoms with Gasteiger partial charge in [-0.15, -0.1) is 6.58 Å². The Hall–Kier alpha value is -2.37. The summed E-state index contributed by atoms with van der Waals surface area (Å²) < 4.78 is 28.5. The molecule has 27 heavy (non-hydrogen) atoms. The highest BCUT2D eigenvalue weighted by atomic mass is 32.2. The van der Waals surface area contributed by atoms with Crippen molar-refractivity contribution < 1.29 is 8.42 Å². The summed E-state index contributed by atoms with van der Waals surface area (Å²) in [6, 6.07) is 14.9. The molecule has 2 aromatic carbocycles. The molecule has 1 atom stereocenters. The standard InChI is InChI=1S/C22H26N2O2S/c1-3-7-17-11-13-20(14-12-17)27(25,26)24-19(8-4-2)15-18-16-23-22-10-6-5-9-21(18)22/h4-6,9-14,16,19,23-24H,2-3,7-8,15H2,1H3/t19-/m0/s1. The van der Waals surface area contributed by atoms with E-state index < -0.39 is 10.0 Å². The molecule has 0 saturated carbocycles. The van der Waals surface area contributed by atoms with Crippen LogP contribution < -0.4 is 4.72 Å². The summed E-state index contributed by atoms with van der Waals surface area (Å²) in [7, 11) is -3.58. The largest absolute Gasteiger partial charge is 0.361 e. The van der Waals surface area contributed by atoms with Crippen molar-refractivity contribution in [3.63, 3.8) is 0 Å². The third-order valence-electron chi connectivity index (χ3n) is 4.69. The van der Waals surface area contributed by atoms with E-state index in [1.807, 2.05) is 42.6 Å². The van der Waals surface area contributed by atoms with Gasteiger partial charge in [0.25, 0.3) is 0 Å². The molecular formula is C22H26N2O2S. The Labute approximate surface area is 161 Å². The number of sulfonamides is 1. The first kappa shape index (κ1) is 19.4. The van der Waals surface area contributed by atoms with Gasteiger partial charge in [-0.3, -0.25) is 0 Å². The average Bonchev–Trinajstić information content (AvgIpc) is 3.05. The lowest BCUT2D eigenvalue weighted by Crippen LogP contribution is -2.36. The number of aromatic amines is 1. The van der Waals surface area contributed by atoms with Gasteiger partial charge in [0.05, 0.1) is 4.90 Å². The van der Waals surface area contributed by atoms with E-state index in [9.17, 15) is 8.42 Å². The molecule has 5 heteroatoms. The second kappa shape index (κ2) is 8.55. The van der Waals surface area contributed by atoms with Crippen molar-refractivity contribution in [3.05, 3.63) is 78.5 Å². The normalized spacial score (nSPS) is 12.9. The van der Waals surface area contributed by atoms with Crippen molar-refractivity contribution in [3.8, 4) is 0 Å². The van der Waals surface area contributed by atoms with E-state index in [1.54, 1.807) is 18.2 Å². The van der Waals surface area contributed by atoms with E-state index in [2.05, 4.69) is 23.2 Å². The number of rotatable bonds is 9. The zero-order chi connectivity index (χ0) is 19.3. The summed E-state index contributed by atoms with van der Waals surface area (Å²) in [5.41, 5.74) is 3.30. The summed E-state index contributed by atoms with van der Waals surface area (Å²) in [5, 5.41) is 1.12. The number of aryl methyl sites for hydroxylation is 1. The van der Waals surface area contributed by atoms with Gasteiger partial charge in [-0.1, -0.05) is 49.8 Å². The smallest absolute Gasteiger partial charge is 0.240 e. The molecule has 0 fully saturated rings. The molecule has 0 bridgehead atoms. The Bertz CT molecular complexity index is 1000. The molecule has 0 saturated heterocycles. The van der Waals surface area contributed by atoms with E-state index >= 15 is 0 Å². The zero-order valence-corrected chi connectivity index (χ0v) is 16.4. The zero-order valence-electron chi connectivity index (χ0n) is 15.6. The first-order chi connectivity index (χ1) is 13.0. The van der Waals surface area contributed by atoms with Crippen LogP contribution in [0.1, 0.15) is 30.9 Å². The van der Waals surface area contributed by atoms with Crippen molar-refractivity contribution >= 4 is 20.9 Å². The number of benzene rings is 2. The highest BCUT2D eigenvalue weighted by molar-refractivity contribution is 7.89. The van der Waals surface area contributed by atoms with Crippen LogP contribution in [-0.2, 0) is 22.9 Å². The topological polar surface area (TPSA) is 62.0 Å². The van der Waals surface area contributed by atoms with Crippen LogP contribution >= 0.6 is 0 Å². The van der Waals surface area contributed by atoms with Crippen molar-refractivity contribution in [2.24, 2.45) is 0 Å². The van der Waals surface area contributed by atoms with Crippen LogP contribution in [0.25, 0.3) is 10.9 Å². The van der Waals surface area contributed by atoms with Crippen LogP contribution in [0.15, 0.2) is 72.3 Å². The fourth-order valence-electron chi connectivity index (χ4n) is 3.35. The Kier molecular flexibility index (Phi) is 6.14. The quantitative estimate of drug-likeness (QED) is 0.532. The lowest BCUT2D eigenvalue weighted by atomic mass is 10.0. The number of para-hydroxylation sites is 1. The van der Waals surface area contributed by atoms with Crippen LogP contribution in [0.2, 0.25) is 0 Å². The van der Waals surface area contributed by atoms with Crippen molar-refractivity contribution in [2.45, 2.75) is 43.5 Å². The summed E-state index contributed by atoms with van der Waals surface area (Å²) in [4.78, 5) is 3.55. The fraction of sp³-hybridized carbons (Fsp3) is 0.273. The highest BCUT2D eigenvalue weighted by Crippen LogP contribution is 2.21. The summed E-state index contributed by atoms with van der Waals surface area (Å²) in [5.74, 6) is 0. The van der Waals surface area contributed by atoms with Crippen LogP contribution in [0.3, 0.4) is 0 Å². The van der Waals surface area contributed by atoms with Crippen LogP contribution in [0.4, 0.5) is 0 Å². The predicted octanol–water partition coefficient (Wildman–Crippen LogP) is 4.59. The molecule has 1 heterocycles. The summed E-state index contributed by atoms with van der Waals surface area (Å²) in [6.45, 7) is 5.89. The Morgan fingerprint density at radius 2 is 1.89 bits per heavy atom. The molecule has 0 aliphatic heterocycles. The minimum atomic E-state index is -3.58. The van der Waals surface area contributed by atoms with E-state index in [4.69, 9.17) is 0 Å². The third-order valence-corrected chi connectivity index (χ3v) is 6.22. The number of hydrogen-bond donors (Lipinski definition) is 2. The molecule has 1 aromatic heterocycles. The van der Waals surface area contributed by atoms with Gasteiger partial charge in [0.1, 0.15) is 0 Å². The molecule has 0 unspecified atom stereocenters. The van der Waals surface area contributed by atoms with Crippen LogP contribution in [0, 0.1) is 0 Å². The van der Waals surface area contributed by atoms with Gasteiger partial charge in [-0.25, -0.2) is 13.1 Å². The molecule has 0 radical (unpaired) electrons. The Balaban J connectivity index is 1.79. The van der Waals surface area contributed by atoms with E-state index in [1.165, 1.54) is 0 Å². The SMILES string of the molecule is C=CC[C@@H](Cc1c[nH]c2ccccc12)NS(=O)(=O)c1ccc(CCC)cc1. The van der Waals surface area contributed by atoms with Gasteiger partial charge < -0.3 is 4.98 Å². The maximum Gasteiger partial charge on any atom is 0.240 e. The Morgan fingerprint density at radius 1 is 1.15 bits per heavy atom. The van der Waals surface area contributed by atoms with Gasteiger partial charge in [-0.05, 0) is 48.6 Å². The molecule has 3 aromatic rings. The molecule has 0 aliphatic rings. The first-order valence-electron chi connectivity index (χ1n) is 9.30. The molecular weight excluding hydrogens is 356 g/mol. The monoisotopic (exact) mass is 382 g/mol. The third kappa shape index (κ3) is 4.67. The van der Waals surface area contributed by atoms with E-state index in [0.29, 0.717) is 17.7 Å². The van der Waals surface area contributed by atoms with Crippen molar-refractivity contribution in [2.75, 3.05) is 0 Å². The minimum absolute atomic E-state index is 0.248. The molecule has 3 rings (SSSR count). The number of fused-ring (bicyclic) bond motifs is 1. The maximum atomic E-state index is 12.8. The summed E-state index contributed by atoms with van der Waals surface area (Å²) in [6.07, 6.45) is 6.86. The number of aromatic nitrogens is 1. The van der Waals surface area contributed by atoms with Gasteiger partial charge in [-0.2, -0.15) is 0 Å². The van der Waals surface area contributed by atoms with E-state index in [-0.39, 0.29) is 6.04 Å². The molecule has 142 valence electrons. The van der Waals surface area contributed by atoms with Crippen LogP contribution in [0.5, 0.6) is 0 Å². The van der Waals surface area contributed by atoms with Gasteiger partial charge in [0.15, 0.2) is 0 Å². The lowest BCUT2D eigenvalue weighted by Gasteiger charge is -2.17. The average molecular weight is 383 g/mol. The number of H-pyrrole nitrogens is 1. The molecule has 0 aliphatic carbocycles. The number of nitrogens with one attached hydrogen (secondary N) is 2. The second-order valence-electron chi connectivity index (χ2n) is 6.80. The van der Waals surface area contributed by atoms with Crippen LogP contribution in [-0.4, -0.2) is 19.4 Å². The van der Waals surface area contributed by atoms with Crippen molar-refractivity contribution in [1.29, 1.82) is 0 Å². The summed E-state index contributed by atoms with van der Waals surface area (Å²) >= 11 is 0. The molecule has 2 N–H and O–H groups in total. The first-order valence-corrected chi connectivity index (χ1v) is 10.8. The lowest BCUT2D eigenvalue weighted by molar-refractivity contribution is 0.547. The molecule has 0 spiro atoms. The predicted molar refractivity (Wildman–Crippen MR) is 111 cm³/mol. The molecule has 0 amide bonds.